The third-order valence-corrected chi connectivity index (χ3v) is 9.98. The number of hydrogen-bond acceptors (Lipinski definition) is 11. The second-order valence-electron chi connectivity index (χ2n) is 16.7. The number of amides is 5. The number of carbonyl (C=O) groups excluding carboxylic acids is 5. The van der Waals surface area contributed by atoms with Crippen LogP contribution in [0, 0.1) is 0 Å². The van der Waals surface area contributed by atoms with Crippen molar-refractivity contribution in [2.45, 2.75) is 118 Å². The minimum absolute atomic E-state index is 0. The number of nitrogens with zero attached hydrogens (tertiary/aromatic N) is 3. The summed E-state index contributed by atoms with van der Waals surface area (Å²) >= 11 is 0. The van der Waals surface area contributed by atoms with E-state index >= 15 is 0 Å². The van der Waals surface area contributed by atoms with Crippen LogP contribution in [-0.2, 0) is 14.3 Å². The van der Waals surface area contributed by atoms with Gasteiger partial charge in [0.15, 0.2) is 23.0 Å². The molecule has 2 aromatic carbocycles. The van der Waals surface area contributed by atoms with Gasteiger partial charge in [0.2, 0.25) is 11.8 Å². The largest absolute Gasteiger partial charge is 0.493 e. The second kappa shape index (κ2) is 25.8. The molecule has 16 nitrogen and oxygen atoms in total. The average molecular weight is 892 g/mol. The fraction of sp³-hybridized carbons (Fsp3) is 0.622. The van der Waals surface area contributed by atoms with E-state index in [1.165, 1.54) is 21.0 Å². The number of rotatable bonds is 16. The number of ether oxygens (including phenoxy) is 5. The summed E-state index contributed by atoms with van der Waals surface area (Å²) in [5.41, 5.74) is 0.472. The van der Waals surface area contributed by atoms with E-state index in [4.69, 9.17) is 23.7 Å². The second-order valence-corrected chi connectivity index (χ2v) is 16.7. The summed E-state index contributed by atoms with van der Waals surface area (Å²) in [6.45, 7) is 20.6. The molecule has 0 saturated carbocycles. The predicted octanol–water partition coefficient (Wildman–Crippen LogP) is 5.69. The molecule has 3 N–H and O–H groups in total. The van der Waals surface area contributed by atoms with Crippen molar-refractivity contribution < 1.29 is 47.7 Å². The smallest absolute Gasteiger partial charge is 0.410 e. The number of carbonyl (C=O) groups is 5. The minimum Gasteiger partial charge on any atom is -0.493 e. The molecule has 62 heavy (non-hydrogen) atoms. The molecule has 2 aromatic rings. The number of benzene rings is 2. The summed E-state index contributed by atoms with van der Waals surface area (Å²) in [5.74, 6) is 1.60. The molecule has 348 valence electrons. The van der Waals surface area contributed by atoms with E-state index in [0.717, 1.165) is 38.8 Å². The monoisotopic (exact) mass is 890 g/mol. The van der Waals surface area contributed by atoms with Crippen molar-refractivity contribution in [3.8, 4) is 23.0 Å². The molecule has 2 aliphatic rings. The summed E-state index contributed by atoms with van der Waals surface area (Å²) < 4.78 is 27.7. The molecule has 0 aromatic heterocycles. The lowest BCUT2D eigenvalue weighted by molar-refractivity contribution is -0.119. The maximum atomic E-state index is 13.6. The van der Waals surface area contributed by atoms with Crippen molar-refractivity contribution in [2.24, 2.45) is 0 Å². The van der Waals surface area contributed by atoms with Gasteiger partial charge in [-0.2, -0.15) is 0 Å². The number of hydrogen-bond donors (Lipinski definition) is 3. The molecule has 0 radical (unpaired) electrons. The fourth-order valence-corrected chi connectivity index (χ4v) is 7.31. The summed E-state index contributed by atoms with van der Waals surface area (Å²) in [6, 6.07) is 10.4. The lowest BCUT2D eigenvalue weighted by Crippen LogP contribution is -2.54. The summed E-state index contributed by atoms with van der Waals surface area (Å²) in [4.78, 5) is 66.9. The van der Waals surface area contributed by atoms with Crippen molar-refractivity contribution >= 4 is 42.1 Å². The maximum Gasteiger partial charge on any atom is 0.410 e. The quantitative estimate of drug-likeness (QED) is 0.177. The van der Waals surface area contributed by atoms with Crippen molar-refractivity contribution in [3.63, 3.8) is 0 Å². The van der Waals surface area contributed by atoms with Crippen molar-refractivity contribution in [3.05, 3.63) is 47.5 Å². The first-order valence-electron chi connectivity index (χ1n) is 21.3. The Morgan fingerprint density at radius 2 is 1.21 bits per heavy atom. The normalized spacial score (nSPS) is 16.1. The van der Waals surface area contributed by atoms with Crippen molar-refractivity contribution in [1.82, 2.24) is 30.7 Å². The Kier molecular flexibility index (Phi) is 22.2. The van der Waals surface area contributed by atoms with E-state index in [0.29, 0.717) is 66.9 Å². The van der Waals surface area contributed by atoms with Gasteiger partial charge in [-0.25, -0.2) is 4.79 Å². The molecule has 5 amide bonds. The molecule has 2 aliphatic heterocycles. The highest BCUT2D eigenvalue weighted by atomic mass is 35.5. The lowest BCUT2D eigenvalue weighted by atomic mass is 10.0. The van der Waals surface area contributed by atoms with E-state index in [9.17, 15) is 24.0 Å². The SMILES string of the molecule is COc1ccc(C(=O)N(C(C)C)[C@@H]2CCCN(C(=O)OC(C)(C)C)C2)cc1OCCNC(C)=O.COc1ccc(C(=O)N(C(C)C)[C@@H]2CCCNC2)cc1OCCNC(C)=O.Cl. The van der Waals surface area contributed by atoms with E-state index in [-0.39, 0.29) is 72.9 Å². The molecule has 4 rings (SSSR count). The Balaban J connectivity index is 0.000000430. The van der Waals surface area contributed by atoms with Crippen LogP contribution in [0.2, 0.25) is 0 Å². The average Bonchev–Trinajstić information content (AvgIpc) is 3.20. The van der Waals surface area contributed by atoms with E-state index in [2.05, 4.69) is 16.0 Å². The minimum atomic E-state index is -0.572. The highest BCUT2D eigenvalue weighted by molar-refractivity contribution is 5.96. The van der Waals surface area contributed by atoms with Gasteiger partial charge in [-0.15, -0.1) is 12.4 Å². The van der Waals surface area contributed by atoms with E-state index in [1.807, 2.05) is 58.3 Å². The lowest BCUT2D eigenvalue weighted by Gasteiger charge is -2.41. The molecule has 0 unspecified atom stereocenters. The zero-order valence-corrected chi connectivity index (χ0v) is 39.4. The van der Waals surface area contributed by atoms with E-state index < -0.39 is 5.60 Å². The fourth-order valence-electron chi connectivity index (χ4n) is 7.31. The number of likely N-dealkylation sites (tertiary alicyclic amines) is 1. The van der Waals surface area contributed by atoms with Gasteiger partial charge in [0.25, 0.3) is 11.8 Å². The maximum absolute atomic E-state index is 13.6. The molecule has 0 aliphatic carbocycles. The number of halogens is 1. The van der Waals surface area contributed by atoms with Crippen LogP contribution < -0.4 is 34.9 Å². The van der Waals surface area contributed by atoms with Crippen LogP contribution in [0.1, 0.15) is 109 Å². The molecular weight excluding hydrogens is 820 g/mol. The van der Waals surface area contributed by atoms with Crippen LogP contribution in [0.5, 0.6) is 23.0 Å². The van der Waals surface area contributed by atoms with Gasteiger partial charge in [0, 0.05) is 62.7 Å². The Labute approximate surface area is 374 Å². The summed E-state index contributed by atoms with van der Waals surface area (Å²) in [5, 5.41) is 8.73. The molecule has 2 atom stereocenters. The third-order valence-electron chi connectivity index (χ3n) is 9.98. The molecular formula is C45H71ClN6O10. The third kappa shape index (κ3) is 16.7. The zero-order chi connectivity index (χ0) is 45.3. The Bertz CT molecular complexity index is 1760. The van der Waals surface area contributed by atoms with Gasteiger partial charge in [-0.3, -0.25) is 19.2 Å². The van der Waals surface area contributed by atoms with Crippen LogP contribution in [0.25, 0.3) is 0 Å². The van der Waals surface area contributed by atoms with Gasteiger partial charge < -0.3 is 54.3 Å². The van der Waals surface area contributed by atoms with E-state index in [1.54, 1.807) is 48.4 Å². The van der Waals surface area contributed by atoms with Gasteiger partial charge in [-0.1, -0.05) is 0 Å². The molecule has 17 heteroatoms. The predicted molar refractivity (Wildman–Crippen MR) is 241 cm³/mol. The highest BCUT2D eigenvalue weighted by Crippen LogP contribution is 2.31. The first-order valence-corrected chi connectivity index (χ1v) is 21.3. The van der Waals surface area contributed by atoms with Gasteiger partial charge in [0.05, 0.1) is 33.4 Å². The molecule has 0 bridgehead atoms. The van der Waals surface area contributed by atoms with Crippen molar-refractivity contribution in [1.29, 1.82) is 0 Å². The van der Waals surface area contributed by atoms with Crippen LogP contribution >= 0.6 is 12.4 Å². The standard InChI is InChI=1S/C25H39N3O6.C20H31N3O4.ClH/c1-17(2)28(20-9-8-13-27(16-20)24(31)34-25(4,5)6)23(30)19-10-11-21(32-7)22(15-19)33-14-12-26-18(3)29;1-14(2)23(17-6-5-9-21-13-17)20(25)16-7-8-18(26-4)19(12-16)27-11-10-22-15(3)24;/h10-11,15,17,20H,8-9,12-14,16H2,1-7H3,(H,26,29);7-8,12,14,17,21H,5-6,9-11,13H2,1-4H3,(H,22,24);1H/t20-;17-;/m11./s1. The first-order chi connectivity index (χ1) is 28.9. The zero-order valence-electron chi connectivity index (χ0n) is 38.6. The summed E-state index contributed by atoms with van der Waals surface area (Å²) in [6.07, 6.45) is 3.32. The number of methoxy groups -OCH3 is 2. The molecule has 2 heterocycles. The Hall–Kier alpha value is -4.96. The Morgan fingerprint density at radius 3 is 1.61 bits per heavy atom. The van der Waals surface area contributed by atoms with Gasteiger partial charge >= 0.3 is 6.09 Å². The van der Waals surface area contributed by atoms with Crippen LogP contribution in [0.4, 0.5) is 4.79 Å². The van der Waals surface area contributed by atoms with Crippen LogP contribution in [-0.4, -0.2) is 141 Å². The molecule has 2 fully saturated rings. The van der Waals surface area contributed by atoms with Crippen molar-refractivity contribution in [2.75, 3.05) is 66.7 Å². The molecule has 2 saturated heterocycles. The first kappa shape index (κ1) is 53.2. The number of nitrogens with one attached hydrogen (secondary N) is 3. The van der Waals surface area contributed by atoms with Gasteiger partial charge in [-0.05, 0) is 117 Å². The Morgan fingerprint density at radius 1 is 0.742 bits per heavy atom. The topological polar surface area (TPSA) is 177 Å². The van der Waals surface area contributed by atoms with Crippen LogP contribution in [0.3, 0.4) is 0 Å². The number of piperidine rings is 2. The van der Waals surface area contributed by atoms with Gasteiger partial charge in [0.1, 0.15) is 18.8 Å². The van der Waals surface area contributed by atoms with Crippen LogP contribution in [0.15, 0.2) is 36.4 Å². The summed E-state index contributed by atoms with van der Waals surface area (Å²) in [7, 11) is 3.09. The molecule has 0 spiro atoms. The highest BCUT2D eigenvalue weighted by Gasteiger charge is 2.35.